The summed E-state index contributed by atoms with van der Waals surface area (Å²) in [4.78, 5) is 5.29. The summed E-state index contributed by atoms with van der Waals surface area (Å²) in [7, 11) is 0. The second-order valence-corrected chi connectivity index (χ2v) is 5.93. The van der Waals surface area contributed by atoms with Gasteiger partial charge < -0.3 is 5.73 Å². The van der Waals surface area contributed by atoms with Gasteiger partial charge in [0.2, 0.25) is 0 Å². The Balaban J connectivity index is 2.08. The van der Waals surface area contributed by atoms with E-state index in [1.807, 2.05) is 0 Å². The monoisotopic (exact) mass is 280 g/mol. The molecule has 0 atom stereocenters. The molecular formula is C14H14F2N2S. The van der Waals surface area contributed by atoms with Crippen molar-refractivity contribution in [3.63, 3.8) is 0 Å². The van der Waals surface area contributed by atoms with Crippen molar-refractivity contribution in [1.82, 2.24) is 4.98 Å². The van der Waals surface area contributed by atoms with Crippen LogP contribution in [0.5, 0.6) is 0 Å². The zero-order chi connectivity index (χ0) is 13.4. The maximum atomic E-state index is 13.9. The van der Waals surface area contributed by atoms with Crippen LogP contribution in [0.2, 0.25) is 0 Å². The molecule has 0 spiro atoms. The molecule has 0 unspecified atom stereocenters. The first-order chi connectivity index (χ1) is 9.15. The fraction of sp³-hybridized carbons (Fsp3) is 0.357. The highest BCUT2D eigenvalue weighted by atomic mass is 32.1. The molecule has 1 aromatic heterocycles. The minimum atomic E-state index is -0.579. The molecule has 1 fully saturated rings. The van der Waals surface area contributed by atoms with Crippen LogP contribution in [0.4, 0.5) is 13.9 Å². The van der Waals surface area contributed by atoms with Crippen molar-refractivity contribution >= 4 is 16.5 Å². The highest BCUT2D eigenvalue weighted by Crippen LogP contribution is 2.43. The molecule has 1 aliphatic rings. The molecule has 1 aliphatic carbocycles. The van der Waals surface area contributed by atoms with E-state index in [4.69, 9.17) is 5.73 Å². The van der Waals surface area contributed by atoms with Crippen LogP contribution in [0.1, 0.15) is 36.5 Å². The predicted molar refractivity (Wildman–Crippen MR) is 73.1 cm³/mol. The number of hydrogen-bond acceptors (Lipinski definition) is 3. The summed E-state index contributed by atoms with van der Waals surface area (Å²) in [5.74, 6) is -0.745. The number of benzene rings is 1. The van der Waals surface area contributed by atoms with Crippen LogP contribution in [-0.4, -0.2) is 4.98 Å². The molecule has 2 aromatic rings. The third kappa shape index (κ3) is 2.34. The van der Waals surface area contributed by atoms with Crippen LogP contribution < -0.4 is 5.73 Å². The van der Waals surface area contributed by atoms with E-state index in [0.717, 1.165) is 23.8 Å². The lowest BCUT2D eigenvalue weighted by atomic mass is 10.0. The number of anilines is 1. The molecule has 3 rings (SSSR count). The largest absolute Gasteiger partial charge is 0.375 e. The predicted octanol–water partition coefficient (Wildman–Crippen LogP) is 4.33. The standard InChI is InChI=1S/C14H14F2N2S/c15-9-5-6-10(11(16)7-9)12-13(19-14(17)18-12)8-3-1-2-4-8/h5-8H,1-4H2,(H2,17,18). The summed E-state index contributed by atoms with van der Waals surface area (Å²) >= 11 is 1.43. The van der Waals surface area contributed by atoms with Crippen molar-refractivity contribution in [3.05, 3.63) is 34.7 Å². The molecule has 1 aromatic carbocycles. The van der Waals surface area contributed by atoms with E-state index in [1.165, 1.54) is 36.3 Å². The summed E-state index contributed by atoms with van der Waals surface area (Å²) in [6.07, 6.45) is 4.57. The van der Waals surface area contributed by atoms with Gasteiger partial charge in [0.15, 0.2) is 5.13 Å². The average Bonchev–Trinajstić information content (AvgIpc) is 2.97. The lowest BCUT2D eigenvalue weighted by molar-refractivity contribution is 0.585. The number of nitrogens with two attached hydrogens (primary N) is 1. The summed E-state index contributed by atoms with van der Waals surface area (Å²) in [6.45, 7) is 0. The van der Waals surface area contributed by atoms with E-state index in [-0.39, 0.29) is 0 Å². The summed E-state index contributed by atoms with van der Waals surface area (Å²) in [6, 6.07) is 3.59. The van der Waals surface area contributed by atoms with Gasteiger partial charge in [-0.2, -0.15) is 0 Å². The Kier molecular flexibility index (Phi) is 3.22. The Morgan fingerprint density at radius 3 is 2.63 bits per heavy atom. The van der Waals surface area contributed by atoms with Crippen LogP contribution >= 0.6 is 11.3 Å². The van der Waals surface area contributed by atoms with Gasteiger partial charge in [-0.3, -0.25) is 0 Å². The van der Waals surface area contributed by atoms with E-state index >= 15 is 0 Å². The van der Waals surface area contributed by atoms with Crippen molar-refractivity contribution in [3.8, 4) is 11.3 Å². The maximum Gasteiger partial charge on any atom is 0.180 e. The zero-order valence-corrected chi connectivity index (χ0v) is 11.1. The van der Waals surface area contributed by atoms with Gasteiger partial charge >= 0.3 is 0 Å². The number of nitrogens with zero attached hydrogens (tertiary/aromatic N) is 1. The molecule has 0 aliphatic heterocycles. The highest BCUT2D eigenvalue weighted by Gasteiger charge is 2.25. The summed E-state index contributed by atoms with van der Waals surface area (Å²) in [5, 5.41) is 0.445. The van der Waals surface area contributed by atoms with Gasteiger partial charge in [0.1, 0.15) is 11.6 Å². The van der Waals surface area contributed by atoms with Gasteiger partial charge in [-0.1, -0.05) is 12.8 Å². The lowest BCUT2D eigenvalue weighted by Gasteiger charge is -2.09. The van der Waals surface area contributed by atoms with Gasteiger partial charge in [-0.25, -0.2) is 13.8 Å². The summed E-state index contributed by atoms with van der Waals surface area (Å²) in [5.41, 5.74) is 6.71. The smallest absolute Gasteiger partial charge is 0.180 e. The van der Waals surface area contributed by atoms with Crippen LogP contribution in [0.25, 0.3) is 11.3 Å². The quantitative estimate of drug-likeness (QED) is 0.889. The van der Waals surface area contributed by atoms with Gasteiger partial charge in [0.25, 0.3) is 0 Å². The molecule has 19 heavy (non-hydrogen) atoms. The van der Waals surface area contributed by atoms with Crippen LogP contribution in [0.15, 0.2) is 18.2 Å². The first kappa shape index (κ1) is 12.5. The normalized spacial score (nSPS) is 16.1. The Morgan fingerprint density at radius 2 is 1.95 bits per heavy atom. The van der Waals surface area contributed by atoms with Crippen LogP contribution in [0.3, 0.4) is 0 Å². The Labute approximate surface area is 114 Å². The fourth-order valence-electron chi connectivity index (χ4n) is 2.69. The third-order valence-electron chi connectivity index (χ3n) is 3.58. The van der Waals surface area contributed by atoms with Crippen molar-refractivity contribution in [1.29, 1.82) is 0 Å². The first-order valence-corrected chi connectivity index (χ1v) is 7.18. The molecule has 2 nitrogen and oxygen atoms in total. The van der Waals surface area contributed by atoms with E-state index in [2.05, 4.69) is 4.98 Å². The van der Waals surface area contributed by atoms with Crippen LogP contribution in [-0.2, 0) is 0 Å². The second-order valence-electron chi connectivity index (χ2n) is 4.87. The van der Waals surface area contributed by atoms with Gasteiger partial charge in [-0.15, -0.1) is 11.3 Å². The molecule has 100 valence electrons. The molecule has 1 saturated carbocycles. The van der Waals surface area contributed by atoms with E-state index in [9.17, 15) is 8.78 Å². The van der Waals surface area contributed by atoms with Gasteiger partial charge in [-0.05, 0) is 30.9 Å². The number of halogens is 2. The van der Waals surface area contributed by atoms with Crippen molar-refractivity contribution in [2.24, 2.45) is 0 Å². The lowest BCUT2D eigenvalue weighted by Crippen LogP contribution is -1.95. The van der Waals surface area contributed by atoms with Crippen molar-refractivity contribution in [2.75, 3.05) is 5.73 Å². The van der Waals surface area contributed by atoms with E-state index in [1.54, 1.807) is 0 Å². The second kappa shape index (κ2) is 4.89. The summed E-state index contributed by atoms with van der Waals surface area (Å²) < 4.78 is 26.9. The fourth-order valence-corrected chi connectivity index (χ4v) is 3.71. The molecular weight excluding hydrogens is 266 g/mol. The Morgan fingerprint density at radius 1 is 1.21 bits per heavy atom. The van der Waals surface area contributed by atoms with Gasteiger partial charge in [0, 0.05) is 16.5 Å². The van der Waals surface area contributed by atoms with E-state index in [0.29, 0.717) is 22.3 Å². The first-order valence-electron chi connectivity index (χ1n) is 6.37. The Bertz CT molecular complexity index is 603. The maximum absolute atomic E-state index is 13.9. The van der Waals surface area contributed by atoms with Crippen molar-refractivity contribution in [2.45, 2.75) is 31.6 Å². The molecule has 1 heterocycles. The Hall–Kier alpha value is -1.49. The molecule has 5 heteroatoms. The SMILES string of the molecule is Nc1nc(-c2ccc(F)cc2F)c(C2CCCC2)s1. The number of hydrogen-bond donors (Lipinski definition) is 1. The zero-order valence-electron chi connectivity index (χ0n) is 10.3. The minimum Gasteiger partial charge on any atom is -0.375 e. The average molecular weight is 280 g/mol. The number of rotatable bonds is 2. The molecule has 0 radical (unpaired) electrons. The molecule has 0 amide bonds. The van der Waals surface area contributed by atoms with Crippen molar-refractivity contribution < 1.29 is 8.78 Å². The number of nitrogen functional groups attached to an aromatic ring is 1. The number of thiazole rings is 1. The molecule has 0 bridgehead atoms. The minimum absolute atomic E-state index is 0.344. The van der Waals surface area contributed by atoms with Crippen LogP contribution in [0, 0.1) is 11.6 Å². The molecule has 2 N–H and O–H groups in total. The highest BCUT2D eigenvalue weighted by molar-refractivity contribution is 7.15. The van der Waals surface area contributed by atoms with E-state index < -0.39 is 11.6 Å². The van der Waals surface area contributed by atoms with Gasteiger partial charge in [0.05, 0.1) is 5.69 Å². The topological polar surface area (TPSA) is 38.9 Å². The molecule has 0 saturated heterocycles. The third-order valence-corrected chi connectivity index (χ3v) is 4.63. The number of aromatic nitrogens is 1.